The van der Waals surface area contributed by atoms with Crippen LogP contribution in [0.2, 0.25) is 0 Å². The zero-order valence-electron chi connectivity index (χ0n) is 12.2. The van der Waals surface area contributed by atoms with E-state index in [1.807, 2.05) is 29.2 Å². The fourth-order valence-corrected chi connectivity index (χ4v) is 3.29. The summed E-state index contributed by atoms with van der Waals surface area (Å²) < 4.78 is 5.95. The van der Waals surface area contributed by atoms with Gasteiger partial charge in [-0.15, -0.1) is 0 Å². The highest BCUT2D eigenvalue weighted by Gasteiger charge is 2.33. The fourth-order valence-electron chi connectivity index (χ4n) is 3.29. The van der Waals surface area contributed by atoms with E-state index < -0.39 is 0 Å². The van der Waals surface area contributed by atoms with E-state index in [9.17, 15) is 4.79 Å². The van der Waals surface area contributed by atoms with Crippen LogP contribution in [0.25, 0.3) is 0 Å². The van der Waals surface area contributed by atoms with E-state index in [1.165, 1.54) is 19.3 Å². The second-order valence-corrected chi connectivity index (χ2v) is 5.90. The Bertz CT molecular complexity index is 480. The quantitative estimate of drug-likeness (QED) is 0.821. The van der Waals surface area contributed by atoms with Gasteiger partial charge in [0.15, 0.2) is 0 Å². The number of amides is 1. The molecule has 0 radical (unpaired) electrons. The molecule has 0 N–H and O–H groups in total. The van der Waals surface area contributed by atoms with E-state index in [1.54, 1.807) is 0 Å². The topological polar surface area (TPSA) is 29.5 Å². The van der Waals surface area contributed by atoms with Crippen LogP contribution in [-0.4, -0.2) is 18.6 Å². The van der Waals surface area contributed by atoms with Crippen LogP contribution in [0.5, 0.6) is 5.75 Å². The molecule has 0 saturated heterocycles. The highest BCUT2D eigenvalue weighted by molar-refractivity contribution is 5.97. The summed E-state index contributed by atoms with van der Waals surface area (Å²) in [6.45, 7) is 2.81. The molecule has 1 aliphatic carbocycles. The van der Waals surface area contributed by atoms with E-state index in [4.69, 9.17) is 4.74 Å². The summed E-state index contributed by atoms with van der Waals surface area (Å²) in [7, 11) is 0. The third kappa shape index (κ3) is 2.54. The molecule has 108 valence electrons. The van der Waals surface area contributed by atoms with Crippen molar-refractivity contribution in [2.45, 2.75) is 51.6 Å². The number of rotatable bonds is 2. The molecule has 0 spiro atoms. The Morgan fingerprint density at radius 2 is 2.00 bits per heavy atom. The Morgan fingerprint density at radius 3 is 2.75 bits per heavy atom. The Kier molecular flexibility index (Phi) is 3.95. The first-order chi connectivity index (χ1) is 9.79. The average molecular weight is 273 g/mol. The predicted molar refractivity (Wildman–Crippen MR) is 80.1 cm³/mol. The molecule has 1 fully saturated rings. The molecule has 3 rings (SSSR count). The van der Waals surface area contributed by atoms with Crippen LogP contribution in [0.1, 0.15) is 45.4 Å². The van der Waals surface area contributed by atoms with E-state index in [0.717, 1.165) is 30.7 Å². The molecular weight excluding hydrogens is 250 g/mol. The number of carbonyl (C=O) groups is 1. The van der Waals surface area contributed by atoms with Crippen LogP contribution in [-0.2, 0) is 4.79 Å². The van der Waals surface area contributed by atoms with E-state index in [-0.39, 0.29) is 12.0 Å². The van der Waals surface area contributed by atoms with Crippen LogP contribution in [0.3, 0.4) is 0 Å². The number of anilines is 1. The SMILES string of the molecule is CCC1CN(C(=O)C2CCCCC2)c2ccccc2O1. The maximum absolute atomic E-state index is 12.8. The van der Waals surface area contributed by atoms with Crippen molar-refractivity contribution >= 4 is 11.6 Å². The first-order valence-corrected chi connectivity index (χ1v) is 7.86. The first-order valence-electron chi connectivity index (χ1n) is 7.86. The van der Waals surface area contributed by atoms with Gasteiger partial charge in [0.1, 0.15) is 11.9 Å². The summed E-state index contributed by atoms with van der Waals surface area (Å²) in [6, 6.07) is 7.93. The Balaban J connectivity index is 1.85. The Morgan fingerprint density at radius 1 is 1.25 bits per heavy atom. The lowest BCUT2D eigenvalue weighted by atomic mass is 9.88. The summed E-state index contributed by atoms with van der Waals surface area (Å²) in [6.07, 6.45) is 6.82. The van der Waals surface area contributed by atoms with E-state index in [2.05, 4.69) is 6.92 Å². The average Bonchev–Trinajstić information content (AvgIpc) is 2.54. The smallest absolute Gasteiger partial charge is 0.230 e. The maximum Gasteiger partial charge on any atom is 0.230 e. The van der Waals surface area contributed by atoms with Crippen LogP contribution in [0.15, 0.2) is 24.3 Å². The first kappa shape index (κ1) is 13.5. The van der Waals surface area contributed by atoms with Gasteiger partial charge in [0.05, 0.1) is 12.2 Å². The molecule has 1 unspecified atom stereocenters. The number of benzene rings is 1. The highest BCUT2D eigenvalue weighted by Crippen LogP contribution is 2.36. The molecule has 2 aliphatic rings. The molecule has 1 aromatic rings. The van der Waals surface area contributed by atoms with Crippen molar-refractivity contribution in [1.82, 2.24) is 0 Å². The van der Waals surface area contributed by atoms with Gasteiger partial charge >= 0.3 is 0 Å². The van der Waals surface area contributed by atoms with Gasteiger partial charge in [-0.3, -0.25) is 4.79 Å². The minimum absolute atomic E-state index is 0.123. The molecule has 1 aromatic carbocycles. The molecule has 1 atom stereocenters. The third-order valence-corrected chi connectivity index (χ3v) is 4.51. The van der Waals surface area contributed by atoms with Crippen molar-refractivity contribution in [3.05, 3.63) is 24.3 Å². The predicted octanol–water partition coefficient (Wildman–Crippen LogP) is 3.77. The van der Waals surface area contributed by atoms with Gasteiger partial charge in [0, 0.05) is 5.92 Å². The largest absolute Gasteiger partial charge is 0.486 e. The van der Waals surface area contributed by atoms with Gasteiger partial charge in [-0.2, -0.15) is 0 Å². The van der Waals surface area contributed by atoms with Crippen LogP contribution < -0.4 is 9.64 Å². The van der Waals surface area contributed by atoms with E-state index >= 15 is 0 Å². The van der Waals surface area contributed by atoms with Crippen molar-refractivity contribution in [3.63, 3.8) is 0 Å². The highest BCUT2D eigenvalue weighted by atomic mass is 16.5. The summed E-state index contributed by atoms with van der Waals surface area (Å²) >= 11 is 0. The lowest BCUT2D eigenvalue weighted by Gasteiger charge is -2.37. The molecule has 3 nitrogen and oxygen atoms in total. The molecule has 1 saturated carbocycles. The zero-order valence-corrected chi connectivity index (χ0v) is 12.2. The number of carbonyl (C=O) groups excluding carboxylic acids is 1. The van der Waals surface area contributed by atoms with Crippen molar-refractivity contribution in [2.24, 2.45) is 5.92 Å². The summed E-state index contributed by atoms with van der Waals surface area (Å²) in [5.74, 6) is 1.38. The molecule has 1 amide bonds. The minimum Gasteiger partial charge on any atom is -0.486 e. The molecule has 0 aromatic heterocycles. The molecule has 1 aliphatic heterocycles. The Hall–Kier alpha value is -1.51. The lowest BCUT2D eigenvalue weighted by Crippen LogP contribution is -2.46. The molecule has 1 heterocycles. The van der Waals surface area contributed by atoms with Gasteiger partial charge in [-0.25, -0.2) is 0 Å². The van der Waals surface area contributed by atoms with Crippen molar-refractivity contribution in [3.8, 4) is 5.75 Å². The molecular formula is C17H23NO2. The number of para-hydroxylation sites is 2. The number of nitrogens with zero attached hydrogens (tertiary/aromatic N) is 1. The second-order valence-electron chi connectivity index (χ2n) is 5.90. The maximum atomic E-state index is 12.8. The second kappa shape index (κ2) is 5.86. The number of hydrogen-bond acceptors (Lipinski definition) is 2. The zero-order chi connectivity index (χ0) is 13.9. The molecule has 3 heteroatoms. The van der Waals surface area contributed by atoms with E-state index in [0.29, 0.717) is 12.5 Å². The van der Waals surface area contributed by atoms with Gasteiger partial charge in [-0.1, -0.05) is 38.3 Å². The third-order valence-electron chi connectivity index (χ3n) is 4.51. The van der Waals surface area contributed by atoms with Crippen molar-refractivity contribution in [2.75, 3.05) is 11.4 Å². The summed E-state index contributed by atoms with van der Waals surface area (Å²) in [5, 5.41) is 0. The van der Waals surface area contributed by atoms with Gasteiger partial charge in [0.25, 0.3) is 0 Å². The Labute approximate surface area is 120 Å². The number of fused-ring (bicyclic) bond motifs is 1. The summed E-state index contributed by atoms with van der Waals surface area (Å²) in [4.78, 5) is 14.8. The van der Waals surface area contributed by atoms with Crippen LogP contribution >= 0.6 is 0 Å². The van der Waals surface area contributed by atoms with Gasteiger partial charge < -0.3 is 9.64 Å². The van der Waals surface area contributed by atoms with Gasteiger partial charge in [0.2, 0.25) is 5.91 Å². The van der Waals surface area contributed by atoms with Crippen molar-refractivity contribution in [1.29, 1.82) is 0 Å². The number of ether oxygens (including phenoxy) is 1. The molecule has 0 bridgehead atoms. The van der Waals surface area contributed by atoms with Crippen LogP contribution in [0, 0.1) is 5.92 Å². The normalized spacial score (nSPS) is 23.1. The number of hydrogen-bond donors (Lipinski definition) is 0. The fraction of sp³-hybridized carbons (Fsp3) is 0.588. The lowest BCUT2D eigenvalue weighted by molar-refractivity contribution is -0.123. The molecule has 20 heavy (non-hydrogen) atoms. The summed E-state index contributed by atoms with van der Waals surface area (Å²) in [5.41, 5.74) is 0.952. The van der Waals surface area contributed by atoms with Gasteiger partial charge in [-0.05, 0) is 31.4 Å². The van der Waals surface area contributed by atoms with Crippen LogP contribution in [0.4, 0.5) is 5.69 Å². The standard InChI is InChI=1S/C17H23NO2/c1-2-14-12-18(15-10-6-7-11-16(15)20-14)17(19)13-8-4-3-5-9-13/h6-7,10-11,13-14H,2-5,8-9,12H2,1H3. The monoisotopic (exact) mass is 273 g/mol. The van der Waals surface area contributed by atoms with Crippen molar-refractivity contribution < 1.29 is 9.53 Å². The minimum atomic E-state index is 0.123.